The fourth-order valence-corrected chi connectivity index (χ4v) is 2.18. The molecule has 3 aromatic rings. The first-order valence-electron chi connectivity index (χ1n) is 6.27. The van der Waals surface area contributed by atoms with Gasteiger partial charge < -0.3 is 15.5 Å². The van der Waals surface area contributed by atoms with Crippen LogP contribution in [0.5, 0.6) is 5.75 Å². The molecule has 19 heavy (non-hydrogen) atoms. The van der Waals surface area contributed by atoms with Crippen LogP contribution in [0.15, 0.2) is 48.7 Å². The van der Waals surface area contributed by atoms with Gasteiger partial charge in [0.2, 0.25) is 0 Å². The minimum Gasteiger partial charge on any atom is -0.489 e. The van der Waals surface area contributed by atoms with Gasteiger partial charge in [-0.2, -0.15) is 0 Å². The fourth-order valence-electron chi connectivity index (χ4n) is 2.18. The summed E-state index contributed by atoms with van der Waals surface area (Å²) in [4.78, 5) is 3.23. The molecule has 0 atom stereocenters. The molecular weight excluding hydrogens is 236 g/mol. The van der Waals surface area contributed by atoms with E-state index in [-0.39, 0.29) is 0 Å². The van der Waals surface area contributed by atoms with Crippen LogP contribution < -0.4 is 10.5 Å². The zero-order valence-corrected chi connectivity index (χ0v) is 10.8. The number of ether oxygens (including phenoxy) is 1. The highest BCUT2D eigenvalue weighted by Crippen LogP contribution is 2.22. The molecule has 0 aliphatic rings. The van der Waals surface area contributed by atoms with Gasteiger partial charge in [0, 0.05) is 28.4 Å². The fraction of sp³-hybridized carbons (Fsp3) is 0.125. The van der Waals surface area contributed by atoms with Crippen LogP contribution in [0.2, 0.25) is 0 Å². The summed E-state index contributed by atoms with van der Waals surface area (Å²) in [5.41, 5.74) is 9.98. The number of aromatic nitrogens is 1. The van der Waals surface area contributed by atoms with Crippen LogP contribution in [-0.2, 0) is 6.61 Å². The minimum atomic E-state index is 0.535. The molecule has 0 radical (unpaired) electrons. The number of nitrogens with two attached hydrogens (primary N) is 1. The van der Waals surface area contributed by atoms with Crippen LogP contribution in [0.1, 0.15) is 11.1 Å². The van der Waals surface area contributed by atoms with Crippen molar-refractivity contribution in [3.63, 3.8) is 0 Å². The molecule has 96 valence electrons. The van der Waals surface area contributed by atoms with Gasteiger partial charge in [0.15, 0.2) is 0 Å². The summed E-state index contributed by atoms with van der Waals surface area (Å²) in [5.74, 6) is 0.887. The topological polar surface area (TPSA) is 51.0 Å². The Balaban J connectivity index is 1.84. The lowest BCUT2D eigenvalue weighted by atomic mass is 10.1. The van der Waals surface area contributed by atoms with Gasteiger partial charge in [0.25, 0.3) is 0 Å². The van der Waals surface area contributed by atoms with E-state index in [9.17, 15) is 0 Å². The normalized spacial score (nSPS) is 10.8. The Bertz CT molecular complexity index is 716. The number of H-pyrrole nitrogens is 1. The van der Waals surface area contributed by atoms with Gasteiger partial charge in [-0.3, -0.25) is 0 Å². The summed E-state index contributed by atoms with van der Waals surface area (Å²) in [6, 6.07) is 13.9. The number of anilines is 1. The van der Waals surface area contributed by atoms with Gasteiger partial charge in [-0.25, -0.2) is 0 Å². The Kier molecular flexibility index (Phi) is 2.88. The van der Waals surface area contributed by atoms with E-state index < -0.39 is 0 Å². The Labute approximate surface area is 112 Å². The van der Waals surface area contributed by atoms with Gasteiger partial charge in [0.05, 0.1) is 0 Å². The van der Waals surface area contributed by atoms with E-state index in [0.717, 1.165) is 27.9 Å². The SMILES string of the molecule is Cc1cccc(OCc2c[nH]c3ccc(N)cc23)c1. The molecule has 3 heteroatoms. The molecular formula is C16H16N2O. The molecule has 3 rings (SSSR count). The first-order chi connectivity index (χ1) is 9.22. The number of aromatic amines is 1. The lowest BCUT2D eigenvalue weighted by Crippen LogP contribution is -1.94. The molecule has 0 unspecified atom stereocenters. The number of nitrogens with one attached hydrogen (secondary N) is 1. The van der Waals surface area contributed by atoms with Crippen molar-refractivity contribution in [1.29, 1.82) is 0 Å². The summed E-state index contributed by atoms with van der Waals surface area (Å²) in [7, 11) is 0. The third-order valence-electron chi connectivity index (χ3n) is 3.18. The van der Waals surface area contributed by atoms with Gasteiger partial charge in [-0.05, 0) is 42.8 Å². The molecule has 0 aliphatic carbocycles. The maximum atomic E-state index is 5.82. The van der Waals surface area contributed by atoms with Gasteiger partial charge in [-0.1, -0.05) is 12.1 Å². The smallest absolute Gasteiger partial charge is 0.120 e. The Hall–Kier alpha value is -2.42. The van der Waals surface area contributed by atoms with Crippen molar-refractivity contribution < 1.29 is 4.74 Å². The van der Waals surface area contributed by atoms with E-state index in [0.29, 0.717) is 6.61 Å². The van der Waals surface area contributed by atoms with E-state index in [2.05, 4.69) is 18.0 Å². The number of hydrogen-bond acceptors (Lipinski definition) is 2. The van der Waals surface area contributed by atoms with Gasteiger partial charge in [0.1, 0.15) is 12.4 Å². The van der Waals surface area contributed by atoms with Crippen LogP contribution in [0, 0.1) is 6.92 Å². The zero-order valence-electron chi connectivity index (χ0n) is 10.8. The number of hydrogen-bond donors (Lipinski definition) is 2. The van der Waals surface area contributed by atoms with Gasteiger partial charge in [-0.15, -0.1) is 0 Å². The van der Waals surface area contributed by atoms with Crippen molar-refractivity contribution in [2.24, 2.45) is 0 Å². The summed E-state index contributed by atoms with van der Waals surface area (Å²) in [6.45, 7) is 2.59. The summed E-state index contributed by atoms with van der Waals surface area (Å²) < 4.78 is 5.82. The standard InChI is InChI=1S/C16H16N2O/c1-11-3-2-4-14(7-11)19-10-12-9-18-16-6-5-13(17)8-15(12)16/h2-9,18H,10,17H2,1H3. The summed E-state index contributed by atoms with van der Waals surface area (Å²) in [6.07, 6.45) is 1.97. The summed E-state index contributed by atoms with van der Waals surface area (Å²) in [5, 5.41) is 1.12. The minimum absolute atomic E-state index is 0.535. The third kappa shape index (κ3) is 2.40. The summed E-state index contributed by atoms with van der Waals surface area (Å²) >= 11 is 0. The number of fused-ring (bicyclic) bond motifs is 1. The van der Waals surface area contributed by atoms with Crippen molar-refractivity contribution in [2.45, 2.75) is 13.5 Å². The maximum Gasteiger partial charge on any atom is 0.120 e. The van der Waals surface area contributed by atoms with Crippen molar-refractivity contribution in [2.75, 3.05) is 5.73 Å². The van der Waals surface area contributed by atoms with Crippen molar-refractivity contribution >= 4 is 16.6 Å². The highest BCUT2D eigenvalue weighted by Gasteiger charge is 2.05. The van der Waals surface area contributed by atoms with Crippen molar-refractivity contribution in [3.8, 4) is 5.75 Å². The number of benzene rings is 2. The quantitative estimate of drug-likeness (QED) is 0.699. The van der Waals surface area contributed by atoms with Crippen LogP contribution in [0.3, 0.4) is 0 Å². The number of aryl methyl sites for hydroxylation is 1. The second-order valence-electron chi connectivity index (χ2n) is 4.72. The molecule has 3 N–H and O–H groups in total. The molecule has 2 aromatic carbocycles. The lowest BCUT2D eigenvalue weighted by Gasteiger charge is -2.06. The zero-order chi connectivity index (χ0) is 13.2. The van der Waals surface area contributed by atoms with Crippen LogP contribution >= 0.6 is 0 Å². The molecule has 1 heterocycles. The largest absolute Gasteiger partial charge is 0.489 e. The molecule has 0 aliphatic heterocycles. The molecule has 0 saturated carbocycles. The first-order valence-corrected chi connectivity index (χ1v) is 6.27. The average molecular weight is 252 g/mol. The molecule has 1 aromatic heterocycles. The van der Waals surface area contributed by atoms with E-state index in [4.69, 9.17) is 10.5 Å². The lowest BCUT2D eigenvalue weighted by molar-refractivity contribution is 0.307. The molecule has 0 saturated heterocycles. The van der Waals surface area contributed by atoms with Crippen LogP contribution in [0.25, 0.3) is 10.9 Å². The molecule has 0 bridgehead atoms. The highest BCUT2D eigenvalue weighted by atomic mass is 16.5. The van der Waals surface area contributed by atoms with Crippen molar-refractivity contribution in [3.05, 3.63) is 59.8 Å². The molecule has 3 nitrogen and oxygen atoms in total. The van der Waals surface area contributed by atoms with E-state index in [1.54, 1.807) is 0 Å². The molecule has 0 spiro atoms. The van der Waals surface area contributed by atoms with E-state index >= 15 is 0 Å². The Morgan fingerprint density at radius 1 is 1.16 bits per heavy atom. The monoisotopic (exact) mass is 252 g/mol. The van der Waals surface area contributed by atoms with Crippen LogP contribution in [-0.4, -0.2) is 4.98 Å². The van der Waals surface area contributed by atoms with Crippen LogP contribution in [0.4, 0.5) is 5.69 Å². The maximum absolute atomic E-state index is 5.82. The Morgan fingerprint density at radius 3 is 2.89 bits per heavy atom. The van der Waals surface area contributed by atoms with Crippen molar-refractivity contribution in [1.82, 2.24) is 4.98 Å². The number of rotatable bonds is 3. The second kappa shape index (κ2) is 4.69. The Morgan fingerprint density at radius 2 is 2.05 bits per heavy atom. The average Bonchev–Trinajstić information content (AvgIpc) is 2.79. The van der Waals surface area contributed by atoms with E-state index in [1.165, 1.54) is 5.56 Å². The number of nitrogen functional groups attached to an aromatic ring is 1. The van der Waals surface area contributed by atoms with Gasteiger partial charge >= 0.3 is 0 Å². The predicted molar refractivity (Wildman–Crippen MR) is 78.2 cm³/mol. The molecule has 0 fully saturated rings. The first kappa shape index (κ1) is 11.7. The predicted octanol–water partition coefficient (Wildman–Crippen LogP) is 3.64. The highest BCUT2D eigenvalue weighted by molar-refractivity contribution is 5.85. The third-order valence-corrected chi connectivity index (χ3v) is 3.18. The van der Waals surface area contributed by atoms with E-state index in [1.807, 2.05) is 42.6 Å². The second-order valence-corrected chi connectivity index (χ2v) is 4.72. The molecule has 0 amide bonds.